The molecule has 0 spiro atoms. The summed E-state index contributed by atoms with van der Waals surface area (Å²) >= 11 is 0. The van der Waals surface area contributed by atoms with Gasteiger partial charge in [0.2, 0.25) is 6.36 Å². The van der Waals surface area contributed by atoms with E-state index in [0.717, 1.165) is 10.9 Å². The van der Waals surface area contributed by atoms with Crippen molar-refractivity contribution in [1.29, 1.82) is 0 Å². The van der Waals surface area contributed by atoms with Crippen molar-refractivity contribution >= 4 is 32.5 Å². The molecule has 2 aromatic carbocycles. The summed E-state index contributed by atoms with van der Waals surface area (Å²) in [5, 5.41) is 8.57. The number of nitrogens with one attached hydrogen (secondary N) is 1. The lowest BCUT2D eigenvalue weighted by Gasteiger charge is -2.27. The molecule has 2 fully saturated rings. The first kappa shape index (κ1) is 24.5. The third-order valence-corrected chi connectivity index (χ3v) is 8.42. The van der Waals surface area contributed by atoms with Crippen LogP contribution < -0.4 is 15.0 Å². The zero-order chi connectivity index (χ0) is 25.5. The Morgan fingerprint density at radius 3 is 2.69 bits per heavy atom. The molecule has 5 rings (SSSR count). The zero-order valence-electron chi connectivity index (χ0n) is 20.2. The predicted octanol–water partition coefficient (Wildman–Crippen LogP) is 2.86. The second-order valence-corrected chi connectivity index (χ2v) is 11.8. The molecular weight excluding hydrogens is 487 g/mol. The summed E-state index contributed by atoms with van der Waals surface area (Å²) in [6.45, 7) is 5.53. The van der Waals surface area contributed by atoms with Gasteiger partial charge in [0, 0.05) is 37.0 Å². The molecule has 0 aliphatic carbocycles. The molecule has 1 unspecified atom stereocenters. The molecular formula is C25H29FN4O5S. The minimum Gasteiger partial charge on any atom is -0.461 e. The number of nitrogens with zero attached hydrogens (tertiary/aromatic N) is 3. The van der Waals surface area contributed by atoms with Crippen LogP contribution >= 0.6 is 0 Å². The quantitative estimate of drug-likeness (QED) is 0.538. The fourth-order valence-electron chi connectivity index (χ4n) is 4.78. The highest BCUT2D eigenvalue weighted by molar-refractivity contribution is 7.91. The van der Waals surface area contributed by atoms with Crippen LogP contribution in [0.15, 0.2) is 42.5 Å². The molecule has 2 aliphatic rings. The first-order valence-corrected chi connectivity index (χ1v) is 13.7. The van der Waals surface area contributed by atoms with Crippen molar-refractivity contribution in [2.75, 3.05) is 42.7 Å². The highest BCUT2D eigenvalue weighted by Gasteiger charge is 2.39. The van der Waals surface area contributed by atoms with Crippen LogP contribution in [0, 0.1) is 0 Å². The Kier molecular flexibility index (Phi) is 6.37. The molecule has 0 radical (unpaired) electrons. The lowest BCUT2D eigenvalue weighted by molar-refractivity contribution is 0.0860. The number of carbonyl (C=O) groups is 1. The first-order chi connectivity index (χ1) is 17.1. The van der Waals surface area contributed by atoms with Crippen molar-refractivity contribution in [2.24, 2.45) is 0 Å². The van der Waals surface area contributed by atoms with Gasteiger partial charge in [-0.2, -0.15) is 0 Å². The number of carbonyl (C=O) groups excluding carboxylic acids is 1. The fourth-order valence-corrected chi connectivity index (χ4v) is 6.87. The van der Waals surface area contributed by atoms with Crippen molar-refractivity contribution in [3.05, 3.63) is 48.0 Å². The summed E-state index contributed by atoms with van der Waals surface area (Å²) in [5.74, 6) is 0.767. The maximum absolute atomic E-state index is 13.4. The topological polar surface area (TPSA) is 103 Å². The van der Waals surface area contributed by atoms with Crippen LogP contribution in [0.25, 0.3) is 16.6 Å². The highest BCUT2D eigenvalue weighted by atomic mass is 32.2. The van der Waals surface area contributed by atoms with E-state index < -0.39 is 21.7 Å². The number of fused-ring (bicyclic) bond motifs is 1. The summed E-state index contributed by atoms with van der Waals surface area (Å²) in [7, 11) is -3.16. The summed E-state index contributed by atoms with van der Waals surface area (Å²) in [6.07, 6.45) is -1.06. The molecule has 3 heterocycles. The Balaban J connectivity index is 1.54. The molecule has 2 aliphatic heterocycles. The number of sulfone groups is 1. The van der Waals surface area contributed by atoms with Crippen molar-refractivity contribution in [3.63, 3.8) is 0 Å². The number of hydrogen-bond acceptors (Lipinski definition) is 7. The Morgan fingerprint density at radius 2 is 2.00 bits per heavy atom. The Bertz CT molecular complexity index is 1400. The predicted molar refractivity (Wildman–Crippen MR) is 134 cm³/mol. The highest BCUT2D eigenvalue weighted by Crippen LogP contribution is 2.32. The standard InChI is InChI=1S/C25H29FN4O5S/c1-17(26)35-20-5-3-4-19(15-20)30-22-7-6-18(24(31)27-25(2)8-13-36(32,33)16-25)14-21(22)23(28-30)29-9-11-34-12-10-29/h3-7,14-15,17H,8-13,16H2,1-2H3,(H,27,31)/t17?,25-/m0/s1. The number of alkyl halides is 1. The molecule has 0 bridgehead atoms. The minimum atomic E-state index is -3.16. The molecule has 1 amide bonds. The van der Waals surface area contributed by atoms with Crippen molar-refractivity contribution in [2.45, 2.75) is 32.2 Å². The van der Waals surface area contributed by atoms with E-state index in [9.17, 15) is 17.6 Å². The largest absolute Gasteiger partial charge is 0.461 e. The lowest BCUT2D eigenvalue weighted by Crippen LogP contribution is -2.46. The van der Waals surface area contributed by atoms with E-state index in [-0.39, 0.29) is 17.4 Å². The molecule has 1 N–H and O–H groups in total. The van der Waals surface area contributed by atoms with Crippen LogP contribution in [0.2, 0.25) is 0 Å². The second kappa shape index (κ2) is 9.36. The molecule has 2 atom stereocenters. The molecule has 3 aromatic rings. The third kappa shape index (κ3) is 5.03. The van der Waals surface area contributed by atoms with Gasteiger partial charge in [-0.1, -0.05) is 6.07 Å². The molecule has 2 saturated heterocycles. The van der Waals surface area contributed by atoms with Gasteiger partial charge in [0.25, 0.3) is 5.91 Å². The van der Waals surface area contributed by atoms with Gasteiger partial charge >= 0.3 is 0 Å². The zero-order valence-corrected chi connectivity index (χ0v) is 21.1. The number of halogens is 1. The molecule has 192 valence electrons. The molecule has 1 aromatic heterocycles. The van der Waals surface area contributed by atoms with Crippen LogP contribution in [0.5, 0.6) is 5.75 Å². The van der Waals surface area contributed by atoms with Gasteiger partial charge in [-0.05, 0) is 43.7 Å². The van der Waals surface area contributed by atoms with Crippen molar-refractivity contribution in [3.8, 4) is 11.4 Å². The summed E-state index contributed by atoms with van der Waals surface area (Å²) in [5.41, 5.74) is 1.09. The van der Waals surface area contributed by atoms with Gasteiger partial charge < -0.3 is 19.7 Å². The number of morpholine rings is 1. The van der Waals surface area contributed by atoms with Gasteiger partial charge in [0.05, 0.1) is 41.5 Å². The van der Waals surface area contributed by atoms with Crippen LogP contribution in [-0.4, -0.2) is 73.8 Å². The smallest absolute Gasteiger partial charge is 0.251 e. The number of ether oxygens (including phenoxy) is 2. The van der Waals surface area contributed by atoms with E-state index in [1.54, 1.807) is 41.9 Å². The van der Waals surface area contributed by atoms with E-state index in [2.05, 4.69) is 10.2 Å². The van der Waals surface area contributed by atoms with Gasteiger partial charge in [-0.15, -0.1) is 5.10 Å². The average Bonchev–Trinajstić information content (AvgIpc) is 3.35. The Hall–Kier alpha value is -3.18. The Labute approximate surface area is 209 Å². The third-order valence-electron chi connectivity index (χ3n) is 6.51. The van der Waals surface area contributed by atoms with Crippen LogP contribution in [0.4, 0.5) is 10.2 Å². The fraction of sp³-hybridized carbons (Fsp3) is 0.440. The molecule has 11 heteroatoms. The lowest BCUT2D eigenvalue weighted by atomic mass is 10.0. The van der Waals surface area contributed by atoms with Gasteiger partial charge in [0.1, 0.15) is 5.75 Å². The number of benzene rings is 2. The summed E-state index contributed by atoms with van der Waals surface area (Å²) in [6, 6.07) is 12.3. The summed E-state index contributed by atoms with van der Waals surface area (Å²) < 4.78 is 49.8. The number of rotatable bonds is 6. The van der Waals surface area contributed by atoms with Gasteiger partial charge in [0.15, 0.2) is 15.7 Å². The monoisotopic (exact) mass is 516 g/mol. The number of amides is 1. The number of aromatic nitrogens is 2. The number of hydrogen-bond donors (Lipinski definition) is 1. The molecule has 0 saturated carbocycles. The SMILES string of the molecule is CC(F)Oc1cccc(-n2nc(N3CCOCC3)c3cc(C(=O)N[C@@]4(C)CCS(=O)(=O)C4)ccc32)c1. The van der Waals surface area contributed by atoms with E-state index in [1.807, 2.05) is 12.1 Å². The first-order valence-electron chi connectivity index (χ1n) is 11.9. The average molecular weight is 517 g/mol. The van der Waals surface area contributed by atoms with E-state index in [0.29, 0.717) is 55.5 Å². The van der Waals surface area contributed by atoms with E-state index in [1.165, 1.54) is 6.92 Å². The van der Waals surface area contributed by atoms with E-state index in [4.69, 9.17) is 14.6 Å². The van der Waals surface area contributed by atoms with Crippen LogP contribution in [0.1, 0.15) is 30.6 Å². The number of anilines is 1. The maximum atomic E-state index is 13.4. The maximum Gasteiger partial charge on any atom is 0.251 e. The van der Waals surface area contributed by atoms with Gasteiger partial charge in [-0.3, -0.25) is 4.79 Å². The van der Waals surface area contributed by atoms with E-state index >= 15 is 0 Å². The minimum absolute atomic E-state index is 0.0686. The molecule has 36 heavy (non-hydrogen) atoms. The van der Waals surface area contributed by atoms with Crippen LogP contribution in [0.3, 0.4) is 0 Å². The second-order valence-electron chi connectivity index (χ2n) is 9.58. The van der Waals surface area contributed by atoms with Crippen molar-refractivity contribution in [1.82, 2.24) is 15.1 Å². The molecule has 9 nitrogen and oxygen atoms in total. The van der Waals surface area contributed by atoms with Crippen molar-refractivity contribution < 1.29 is 27.1 Å². The summed E-state index contributed by atoms with van der Waals surface area (Å²) in [4.78, 5) is 15.3. The van der Waals surface area contributed by atoms with Crippen LogP contribution in [-0.2, 0) is 14.6 Å². The Morgan fingerprint density at radius 1 is 1.22 bits per heavy atom. The van der Waals surface area contributed by atoms with Gasteiger partial charge in [-0.25, -0.2) is 17.5 Å². The normalized spacial score (nSPS) is 22.5.